The van der Waals surface area contributed by atoms with E-state index in [-0.39, 0.29) is 18.1 Å². The number of unbranched alkanes of at least 4 members (excludes halogenated alkanes) is 15. The minimum atomic E-state index is -0.133. The number of nitrogens with zero attached hydrogens (tertiary/aromatic N) is 3. The first kappa shape index (κ1) is 39.5. The van der Waals surface area contributed by atoms with Crippen molar-refractivity contribution in [2.75, 3.05) is 33.9 Å². The van der Waals surface area contributed by atoms with Gasteiger partial charge in [-0.15, -0.1) is 4.37 Å². The molecule has 0 bridgehead atoms. The molecule has 7 nitrogen and oxygen atoms in total. The van der Waals surface area contributed by atoms with E-state index >= 15 is 0 Å². The minimum Gasteiger partial charge on any atom is -0.475 e. The lowest BCUT2D eigenvalue weighted by Crippen LogP contribution is -2.56. The summed E-state index contributed by atoms with van der Waals surface area (Å²) in [6.07, 6.45) is 26.1. The number of aliphatic hydroxyl groups is 1. The predicted molar refractivity (Wildman–Crippen MR) is 181 cm³/mol. The number of carbonyl (C=O) groups excluding carboxylic acids is 1. The van der Waals surface area contributed by atoms with Crippen molar-refractivity contribution in [3.05, 3.63) is 11.8 Å². The highest BCUT2D eigenvalue weighted by molar-refractivity contribution is 6.99. The van der Waals surface area contributed by atoms with Crippen LogP contribution in [-0.2, 0) is 9.53 Å². The minimum absolute atomic E-state index is 0.0911. The molecule has 2 unspecified atom stereocenters. The number of hydrogen-bond donors (Lipinski definition) is 1. The molecule has 0 spiro atoms. The number of quaternary nitrogens is 1. The first-order chi connectivity index (χ1) is 20.9. The van der Waals surface area contributed by atoms with Gasteiger partial charge in [-0.1, -0.05) is 130 Å². The number of aromatic nitrogens is 2. The van der Waals surface area contributed by atoms with Gasteiger partial charge < -0.3 is 14.6 Å². The van der Waals surface area contributed by atoms with Gasteiger partial charge in [-0.25, -0.2) is 0 Å². The number of ether oxygens (including phenoxy) is 2. The lowest BCUT2D eigenvalue weighted by atomic mass is 10.0. The fourth-order valence-corrected chi connectivity index (χ4v) is 6.29. The molecule has 0 saturated heterocycles. The van der Waals surface area contributed by atoms with Gasteiger partial charge in [0.25, 0.3) is 5.88 Å². The number of likely N-dealkylation sites (N-methyl/N-ethyl adjacent to an activating group) is 1. The Morgan fingerprint density at radius 3 is 1.95 bits per heavy atom. The molecule has 1 aliphatic heterocycles. The molecule has 2 atom stereocenters. The molecule has 0 amide bonds. The van der Waals surface area contributed by atoms with Crippen molar-refractivity contribution in [3.8, 4) is 5.88 Å². The summed E-state index contributed by atoms with van der Waals surface area (Å²) < 4.78 is 22.1. The van der Waals surface area contributed by atoms with Gasteiger partial charge in [-0.05, 0) is 12.8 Å². The lowest BCUT2D eigenvalue weighted by molar-refractivity contribution is -0.947. The molecular weight excluding hydrogens is 558 g/mol. The number of carbonyl (C=O) groups is 1. The molecule has 8 heteroatoms. The Balaban J connectivity index is 0.00000452. The zero-order valence-electron chi connectivity index (χ0n) is 28.7. The summed E-state index contributed by atoms with van der Waals surface area (Å²) in [5.41, 5.74) is 2.05. The number of rotatable bonds is 24. The first-order valence-electron chi connectivity index (χ1n) is 17.6. The maximum atomic E-state index is 12.7. The van der Waals surface area contributed by atoms with Gasteiger partial charge in [0.2, 0.25) is 6.23 Å². The summed E-state index contributed by atoms with van der Waals surface area (Å²) in [6, 6.07) is 0. The maximum Gasteiger partial charge on any atom is 0.312 e. The summed E-state index contributed by atoms with van der Waals surface area (Å²) in [5.74, 6) is 0.455. The third-order valence-electron chi connectivity index (χ3n) is 8.53. The quantitative estimate of drug-likeness (QED) is 0.0701. The highest BCUT2D eigenvalue weighted by Gasteiger charge is 2.39. The molecule has 0 aromatic carbocycles. The zero-order chi connectivity index (χ0) is 31.8. The van der Waals surface area contributed by atoms with Crippen molar-refractivity contribution in [1.82, 2.24) is 8.75 Å². The first-order valence-corrected chi connectivity index (χ1v) is 18.3. The Labute approximate surface area is 268 Å². The van der Waals surface area contributed by atoms with Crippen LogP contribution in [0.3, 0.4) is 0 Å². The fraction of sp³-hybridized carbons (Fsp3) is 0.857. The van der Waals surface area contributed by atoms with E-state index < -0.39 is 0 Å². The largest absolute Gasteiger partial charge is 0.475 e. The molecule has 0 saturated carbocycles. The van der Waals surface area contributed by atoms with Crippen molar-refractivity contribution in [2.24, 2.45) is 5.92 Å². The van der Waals surface area contributed by atoms with Crippen molar-refractivity contribution in [1.29, 1.82) is 0 Å². The van der Waals surface area contributed by atoms with Gasteiger partial charge in [0.05, 0.1) is 37.8 Å². The standard InChI is InChI=1S/C34H62N3O3S.CH4O/c1-6-8-10-12-13-14-15-16-17-18-19-20-21-25-31(40-34(38)29(3)4)37(5)26-23-24-30(28-37)32-33(36-41-35-32)39-27-22-11-9-7-2;1-2/h24,29,31H,6-23,25-28H2,1-5H3;2H,1H3/q+1;. The van der Waals surface area contributed by atoms with Gasteiger partial charge in [-0.3, -0.25) is 9.28 Å². The van der Waals surface area contributed by atoms with E-state index in [9.17, 15) is 4.79 Å². The molecule has 2 rings (SSSR count). The fourth-order valence-electron chi connectivity index (χ4n) is 5.76. The van der Waals surface area contributed by atoms with E-state index in [0.717, 1.165) is 51.6 Å². The van der Waals surface area contributed by atoms with Crippen molar-refractivity contribution >= 4 is 23.3 Å². The van der Waals surface area contributed by atoms with Crippen LogP contribution in [0, 0.1) is 5.92 Å². The highest BCUT2D eigenvalue weighted by Crippen LogP contribution is 2.33. The number of esters is 1. The molecule has 0 aliphatic carbocycles. The monoisotopic (exact) mass is 624 g/mol. The Morgan fingerprint density at radius 2 is 1.40 bits per heavy atom. The molecule has 0 fully saturated rings. The SMILES string of the molecule is CCCCCCCCCCCCCCCC(OC(=O)C(C)C)[N+]1(C)CCC=C(c2nsnc2OCCCCCC)C1.CO. The van der Waals surface area contributed by atoms with E-state index in [4.69, 9.17) is 14.6 Å². The van der Waals surface area contributed by atoms with E-state index in [0.29, 0.717) is 17.0 Å². The summed E-state index contributed by atoms with van der Waals surface area (Å²) in [6.45, 7) is 10.8. The van der Waals surface area contributed by atoms with Crippen LogP contribution < -0.4 is 4.74 Å². The molecule has 1 aromatic heterocycles. The van der Waals surface area contributed by atoms with E-state index in [2.05, 4.69) is 35.7 Å². The molecule has 43 heavy (non-hydrogen) atoms. The van der Waals surface area contributed by atoms with Gasteiger partial charge in [0, 0.05) is 25.5 Å². The Bertz CT molecular complexity index is 860. The van der Waals surface area contributed by atoms with E-state index in [1.54, 1.807) is 0 Å². The number of aliphatic hydroxyl groups excluding tert-OH is 1. The van der Waals surface area contributed by atoms with Gasteiger partial charge in [0.1, 0.15) is 12.2 Å². The molecule has 1 aliphatic rings. The van der Waals surface area contributed by atoms with Crippen LogP contribution in [0.25, 0.3) is 5.57 Å². The van der Waals surface area contributed by atoms with Crippen LogP contribution >= 0.6 is 11.7 Å². The van der Waals surface area contributed by atoms with Crippen LogP contribution in [0.5, 0.6) is 5.88 Å². The van der Waals surface area contributed by atoms with Crippen LogP contribution in [0.2, 0.25) is 0 Å². The van der Waals surface area contributed by atoms with Crippen molar-refractivity contribution < 1.29 is 23.9 Å². The third-order valence-corrected chi connectivity index (χ3v) is 9.05. The second-order valence-electron chi connectivity index (χ2n) is 12.8. The van der Waals surface area contributed by atoms with Crippen LogP contribution in [0.1, 0.15) is 155 Å². The molecule has 1 aromatic rings. The lowest BCUT2D eigenvalue weighted by Gasteiger charge is -2.43. The predicted octanol–water partition coefficient (Wildman–Crippen LogP) is 9.35. The summed E-state index contributed by atoms with van der Waals surface area (Å²) in [4.78, 5) is 12.7. The van der Waals surface area contributed by atoms with Crippen LogP contribution in [0.4, 0.5) is 0 Å². The highest BCUT2D eigenvalue weighted by atomic mass is 32.1. The Kier molecular flexibility index (Phi) is 22.8. The normalized spacial score (nSPS) is 17.3. The summed E-state index contributed by atoms with van der Waals surface area (Å²) >= 11 is 1.22. The van der Waals surface area contributed by atoms with Crippen molar-refractivity contribution in [3.63, 3.8) is 0 Å². The Morgan fingerprint density at radius 1 is 0.860 bits per heavy atom. The summed E-state index contributed by atoms with van der Waals surface area (Å²) in [5, 5.41) is 7.00. The van der Waals surface area contributed by atoms with Crippen molar-refractivity contribution in [2.45, 2.75) is 156 Å². The molecular formula is C35H66N3O4S+. The summed E-state index contributed by atoms with van der Waals surface area (Å²) in [7, 11) is 3.25. The average Bonchev–Trinajstić information content (AvgIpc) is 3.48. The Hall–Kier alpha value is -1.51. The third kappa shape index (κ3) is 16.4. The zero-order valence-corrected chi connectivity index (χ0v) is 29.5. The van der Waals surface area contributed by atoms with Gasteiger partial charge in [0.15, 0.2) is 0 Å². The second kappa shape index (κ2) is 24.8. The topological polar surface area (TPSA) is 81.5 Å². The van der Waals surface area contributed by atoms with Crippen LogP contribution in [0.15, 0.2) is 6.08 Å². The molecule has 0 radical (unpaired) electrons. The average molecular weight is 625 g/mol. The van der Waals surface area contributed by atoms with E-state index in [1.807, 2.05) is 13.8 Å². The smallest absolute Gasteiger partial charge is 0.312 e. The molecule has 250 valence electrons. The van der Waals surface area contributed by atoms with Gasteiger partial charge >= 0.3 is 5.97 Å². The van der Waals surface area contributed by atoms with E-state index in [1.165, 1.54) is 114 Å². The molecule has 1 N–H and O–H groups in total. The van der Waals surface area contributed by atoms with Gasteiger partial charge in [-0.2, -0.15) is 4.37 Å². The molecule has 2 heterocycles. The maximum absolute atomic E-state index is 12.7. The van der Waals surface area contributed by atoms with Crippen LogP contribution in [-0.4, -0.2) is 64.4 Å². The second-order valence-corrected chi connectivity index (χ2v) is 13.3. The number of hydrogen-bond acceptors (Lipinski definition) is 7.